The van der Waals surface area contributed by atoms with Crippen LogP contribution in [0.2, 0.25) is 0 Å². The first-order valence-corrected chi connectivity index (χ1v) is 5.96. The van der Waals surface area contributed by atoms with Gasteiger partial charge in [-0.25, -0.2) is 4.89 Å². The zero-order valence-electron chi connectivity index (χ0n) is 8.93. The minimum absolute atomic E-state index is 0.602. The highest BCUT2D eigenvalue weighted by Crippen LogP contribution is 2.17. The Morgan fingerprint density at radius 3 is 2.00 bits per heavy atom. The topological polar surface area (TPSA) is 46.2 Å². The van der Waals surface area contributed by atoms with Gasteiger partial charge in [-0.05, 0) is 12.1 Å². The van der Waals surface area contributed by atoms with Crippen molar-refractivity contribution in [3.05, 3.63) is 30.3 Å². The van der Waals surface area contributed by atoms with Crippen LogP contribution in [0.25, 0.3) is 0 Å². The second-order valence-electron chi connectivity index (χ2n) is 2.57. The fraction of sp³-hybridized carbons (Fsp3) is 0.333. The average molecular weight is 230 g/mol. The molecule has 0 amide bonds. The summed E-state index contributed by atoms with van der Waals surface area (Å²) < 4.78 is 20.5. The molecule has 0 aliphatic carbocycles. The zero-order valence-corrected chi connectivity index (χ0v) is 9.93. The number of hydrogen-bond donors (Lipinski definition) is 0. The quantitative estimate of drug-likeness (QED) is 0.419. The first-order chi connectivity index (χ1) is 7.26. The lowest BCUT2D eigenvalue weighted by Crippen LogP contribution is -2.50. The largest absolute Gasteiger partial charge is 0.777 e. The summed E-state index contributed by atoms with van der Waals surface area (Å²) in [7, 11) is 1.05. The third kappa shape index (κ3) is 3.29. The van der Waals surface area contributed by atoms with Gasteiger partial charge in [-0.2, -0.15) is 4.58 Å². The van der Waals surface area contributed by atoms with Gasteiger partial charge in [0.2, 0.25) is 0 Å². The molecule has 0 saturated carbocycles. The molecule has 0 radical (unpaired) electrons. The fourth-order valence-electron chi connectivity index (χ4n) is 0.987. The summed E-state index contributed by atoms with van der Waals surface area (Å²) in [6.07, 6.45) is 0. The van der Waals surface area contributed by atoms with Crippen LogP contribution in [0.4, 0.5) is 0 Å². The van der Waals surface area contributed by atoms with Crippen molar-refractivity contribution in [2.75, 3.05) is 21.3 Å². The summed E-state index contributed by atoms with van der Waals surface area (Å²) in [5, 5.41) is 0. The van der Waals surface area contributed by atoms with E-state index in [1.54, 1.807) is 12.1 Å². The SMILES string of the molecule is COO[Si](OC)(OC)Oc1ccccc1. The van der Waals surface area contributed by atoms with Crippen LogP contribution < -0.4 is 4.43 Å². The highest BCUT2D eigenvalue weighted by molar-refractivity contribution is 6.54. The van der Waals surface area contributed by atoms with Crippen molar-refractivity contribution in [3.63, 3.8) is 0 Å². The predicted molar refractivity (Wildman–Crippen MR) is 54.9 cm³/mol. The first-order valence-electron chi connectivity index (χ1n) is 4.32. The Morgan fingerprint density at radius 1 is 0.933 bits per heavy atom. The molecule has 84 valence electrons. The molecule has 1 rings (SSSR count). The molecular weight excluding hydrogens is 216 g/mol. The highest BCUT2D eigenvalue weighted by atomic mass is 28.4. The summed E-state index contributed by atoms with van der Waals surface area (Å²) >= 11 is 0. The van der Waals surface area contributed by atoms with Crippen molar-refractivity contribution in [2.45, 2.75) is 0 Å². The molecule has 0 spiro atoms. The van der Waals surface area contributed by atoms with Crippen LogP contribution in [0, 0.1) is 0 Å². The second kappa shape index (κ2) is 5.84. The molecule has 0 aliphatic rings. The standard InChI is InChI=1S/C9H14O5Si/c1-10-14-15(11-2,12-3)13-9-7-5-4-6-8-9/h4-8H,1-3H3. The third-order valence-electron chi connectivity index (χ3n) is 1.67. The Hall–Kier alpha value is -0.923. The smallest absolute Gasteiger partial charge is 0.479 e. The Balaban J connectivity index is 2.74. The van der Waals surface area contributed by atoms with Crippen molar-refractivity contribution in [2.24, 2.45) is 0 Å². The van der Waals surface area contributed by atoms with Gasteiger partial charge in [0.15, 0.2) is 0 Å². The van der Waals surface area contributed by atoms with Crippen molar-refractivity contribution in [3.8, 4) is 5.75 Å². The van der Waals surface area contributed by atoms with Gasteiger partial charge in [-0.1, -0.05) is 18.2 Å². The van der Waals surface area contributed by atoms with E-state index >= 15 is 0 Å². The van der Waals surface area contributed by atoms with Crippen LogP contribution in [-0.4, -0.2) is 30.4 Å². The van der Waals surface area contributed by atoms with E-state index in [1.165, 1.54) is 21.3 Å². The fourth-order valence-corrected chi connectivity index (χ4v) is 2.12. The van der Waals surface area contributed by atoms with Gasteiger partial charge in [-0.3, -0.25) is 0 Å². The molecule has 0 aliphatic heterocycles. The van der Waals surface area contributed by atoms with E-state index in [4.69, 9.17) is 17.9 Å². The Kier molecular flexibility index (Phi) is 4.73. The lowest BCUT2D eigenvalue weighted by molar-refractivity contribution is -0.242. The molecule has 15 heavy (non-hydrogen) atoms. The van der Waals surface area contributed by atoms with Gasteiger partial charge in [0.25, 0.3) is 0 Å². The van der Waals surface area contributed by atoms with Crippen LogP contribution in [0.5, 0.6) is 5.75 Å². The normalized spacial score (nSPS) is 11.4. The van der Waals surface area contributed by atoms with Gasteiger partial charge in [-0.15, -0.1) is 0 Å². The maximum absolute atomic E-state index is 5.49. The van der Waals surface area contributed by atoms with E-state index in [-0.39, 0.29) is 0 Å². The molecular formula is C9H14O5Si. The Labute approximate surface area is 89.9 Å². The van der Waals surface area contributed by atoms with E-state index in [0.717, 1.165) is 0 Å². The molecule has 0 saturated heterocycles. The monoisotopic (exact) mass is 230 g/mol. The molecule has 1 aromatic carbocycles. The number of hydrogen-bond acceptors (Lipinski definition) is 5. The van der Waals surface area contributed by atoms with Crippen LogP contribution in [0.15, 0.2) is 30.3 Å². The van der Waals surface area contributed by atoms with Crippen LogP contribution >= 0.6 is 0 Å². The minimum Gasteiger partial charge on any atom is -0.479 e. The lowest BCUT2D eigenvalue weighted by atomic mass is 10.3. The lowest BCUT2D eigenvalue weighted by Gasteiger charge is -2.22. The van der Waals surface area contributed by atoms with Crippen LogP contribution in [0.1, 0.15) is 0 Å². The number of para-hydroxylation sites is 1. The van der Waals surface area contributed by atoms with Gasteiger partial charge in [0.1, 0.15) is 5.75 Å². The molecule has 0 fully saturated rings. The summed E-state index contributed by atoms with van der Waals surface area (Å²) in [4.78, 5) is 4.55. The van der Waals surface area contributed by atoms with Crippen LogP contribution in [-0.2, 0) is 18.3 Å². The summed E-state index contributed by atoms with van der Waals surface area (Å²) in [5.41, 5.74) is 0. The minimum atomic E-state index is -3.21. The summed E-state index contributed by atoms with van der Waals surface area (Å²) in [6, 6.07) is 9.11. The Morgan fingerprint density at radius 2 is 1.53 bits per heavy atom. The van der Waals surface area contributed by atoms with E-state index in [0.29, 0.717) is 5.75 Å². The van der Waals surface area contributed by atoms with E-state index in [9.17, 15) is 0 Å². The molecule has 0 N–H and O–H groups in total. The molecule has 0 atom stereocenters. The van der Waals surface area contributed by atoms with Crippen molar-refractivity contribution in [1.82, 2.24) is 0 Å². The molecule has 0 aromatic heterocycles. The second-order valence-corrected chi connectivity index (χ2v) is 4.76. The highest BCUT2D eigenvalue weighted by Gasteiger charge is 2.48. The molecule has 0 heterocycles. The molecule has 1 aromatic rings. The summed E-state index contributed by atoms with van der Waals surface area (Å²) in [6.45, 7) is 0. The van der Waals surface area contributed by atoms with Gasteiger partial charge in [0, 0.05) is 14.2 Å². The van der Waals surface area contributed by atoms with Crippen LogP contribution in [0.3, 0.4) is 0 Å². The molecule has 0 unspecified atom stereocenters. The number of benzene rings is 1. The predicted octanol–water partition coefficient (Wildman–Crippen LogP) is 1.37. The van der Waals surface area contributed by atoms with Gasteiger partial charge < -0.3 is 13.3 Å². The zero-order chi connectivity index (χ0) is 11.1. The Bertz CT molecular complexity index is 275. The third-order valence-corrected chi connectivity index (χ3v) is 3.53. The van der Waals surface area contributed by atoms with Crippen molar-refractivity contribution < 1.29 is 22.7 Å². The summed E-state index contributed by atoms with van der Waals surface area (Å²) in [5.74, 6) is 0.602. The van der Waals surface area contributed by atoms with E-state index in [1.807, 2.05) is 18.2 Å². The van der Waals surface area contributed by atoms with E-state index < -0.39 is 9.05 Å². The first kappa shape index (κ1) is 12.1. The number of rotatable bonds is 6. The van der Waals surface area contributed by atoms with Crippen molar-refractivity contribution in [1.29, 1.82) is 0 Å². The van der Waals surface area contributed by atoms with Crippen molar-refractivity contribution >= 4 is 9.05 Å². The maximum Gasteiger partial charge on any atom is 0.777 e. The molecule has 5 nitrogen and oxygen atoms in total. The van der Waals surface area contributed by atoms with Gasteiger partial charge >= 0.3 is 9.05 Å². The maximum atomic E-state index is 5.49. The molecule has 0 bridgehead atoms. The van der Waals surface area contributed by atoms with E-state index in [2.05, 4.69) is 4.89 Å². The molecule has 6 heteroatoms. The average Bonchev–Trinajstić information content (AvgIpc) is 2.30. The van der Waals surface area contributed by atoms with Gasteiger partial charge in [0.05, 0.1) is 7.11 Å².